The zero-order valence-corrected chi connectivity index (χ0v) is 29.9. The highest BCUT2D eigenvalue weighted by atomic mass is 16.5. The molecule has 0 amide bonds. The van der Waals surface area contributed by atoms with Gasteiger partial charge in [-0.2, -0.15) is 0 Å². The van der Waals surface area contributed by atoms with Gasteiger partial charge in [0.2, 0.25) is 0 Å². The molecule has 7 aromatic carbocycles. The predicted molar refractivity (Wildman–Crippen MR) is 215 cm³/mol. The second kappa shape index (κ2) is 11.6. The first-order valence-electron chi connectivity index (χ1n) is 17.4. The van der Waals surface area contributed by atoms with Gasteiger partial charge in [-0.3, -0.25) is 9.59 Å². The van der Waals surface area contributed by atoms with Crippen molar-refractivity contribution in [2.45, 2.75) is 27.7 Å². The highest BCUT2D eigenvalue weighted by Gasteiger charge is 2.21. The van der Waals surface area contributed by atoms with E-state index in [0.717, 1.165) is 77.7 Å². The maximum Gasteiger partial charge on any atom is 0.197 e. The van der Waals surface area contributed by atoms with Crippen molar-refractivity contribution in [2.24, 2.45) is 0 Å². The zero-order valence-electron chi connectivity index (χ0n) is 29.9. The Morgan fingerprint density at radius 2 is 0.808 bits per heavy atom. The van der Waals surface area contributed by atoms with E-state index in [0.29, 0.717) is 32.6 Å². The topological polar surface area (TPSA) is 62.5 Å². The van der Waals surface area contributed by atoms with E-state index in [-0.39, 0.29) is 10.9 Å². The Bertz CT molecular complexity index is 2920. The fraction of sp³-hybridized carbons (Fsp3) is 0.130. The summed E-state index contributed by atoms with van der Waals surface area (Å²) in [5.74, 6) is 1.58. The smallest absolute Gasteiger partial charge is 0.197 e. The minimum absolute atomic E-state index is 0.0590. The quantitative estimate of drug-likeness (QED) is 0.174. The van der Waals surface area contributed by atoms with Crippen LogP contribution in [0.5, 0.6) is 11.5 Å². The number of methoxy groups -OCH3 is 2. The second-order valence-corrected chi connectivity index (χ2v) is 14.0. The van der Waals surface area contributed by atoms with Gasteiger partial charge in [-0.15, -0.1) is 0 Å². The SMILES string of the molecule is COc1ccc2cc(-n3c4cc5c(=O)c6c(C)cc(C)cc6n(-c6ccc7cc(OC)ccc7c6)c5cc4c(=O)c4c(C)cc(C)cc43)ccc2c1. The summed E-state index contributed by atoms with van der Waals surface area (Å²) in [6.45, 7) is 8.10. The normalized spacial score (nSPS) is 11.8. The monoisotopic (exact) mass is 680 g/mol. The van der Waals surface area contributed by atoms with Gasteiger partial charge in [0.05, 0.1) is 36.3 Å². The Balaban J connectivity index is 1.46. The first kappa shape index (κ1) is 31.6. The van der Waals surface area contributed by atoms with E-state index in [1.54, 1.807) is 14.2 Å². The molecule has 6 heteroatoms. The number of hydrogen-bond acceptors (Lipinski definition) is 4. The van der Waals surface area contributed by atoms with Crippen molar-refractivity contribution in [2.75, 3.05) is 14.2 Å². The molecule has 9 aromatic rings. The van der Waals surface area contributed by atoms with Crippen LogP contribution in [0.3, 0.4) is 0 Å². The highest BCUT2D eigenvalue weighted by molar-refractivity contribution is 6.07. The van der Waals surface area contributed by atoms with Gasteiger partial charge in [0.15, 0.2) is 10.9 Å². The summed E-state index contributed by atoms with van der Waals surface area (Å²) in [5, 5.41) is 6.58. The van der Waals surface area contributed by atoms with Gasteiger partial charge in [-0.05, 0) is 144 Å². The Morgan fingerprint density at radius 1 is 0.423 bits per heavy atom. The lowest BCUT2D eigenvalue weighted by molar-refractivity contribution is 0.415. The summed E-state index contributed by atoms with van der Waals surface area (Å²) in [6.07, 6.45) is 0. The van der Waals surface area contributed by atoms with E-state index in [2.05, 4.69) is 69.8 Å². The number of pyridine rings is 2. The molecule has 254 valence electrons. The maximum atomic E-state index is 14.7. The third-order valence-corrected chi connectivity index (χ3v) is 10.5. The summed E-state index contributed by atoms with van der Waals surface area (Å²) in [5.41, 5.74) is 8.58. The molecule has 0 saturated carbocycles. The van der Waals surface area contributed by atoms with Crippen molar-refractivity contribution in [3.05, 3.63) is 152 Å². The molecule has 0 atom stereocenters. The van der Waals surface area contributed by atoms with Crippen LogP contribution in [-0.4, -0.2) is 23.4 Å². The fourth-order valence-corrected chi connectivity index (χ4v) is 8.18. The van der Waals surface area contributed by atoms with Crippen molar-refractivity contribution in [1.29, 1.82) is 0 Å². The summed E-state index contributed by atoms with van der Waals surface area (Å²) in [4.78, 5) is 29.5. The molecular weight excluding hydrogens is 645 g/mol. The molecule has 0 aliphatic carbocycles. The summed E-state index contributed by atoms with van der Waals surface area (Å²) < 4.78 is 15.3. The largest absolute Gasteiger partial charge is 0.497 e. The first-order chi connectivity index (χ1) is 25.1. The zero-order chi connectivity index (χ0) is 36.0. The van der Waals surface area contributed by atoms with Crippen LogP contribution >= 0.6 is 0 Å². The van der Waals surface area contributed by atoms with Crippen molar-refractivity contribution < 1.29 is 9.47 Å². The van der Waals surface area contributed by atoms with Crippen LogP contribution in [0.25, 0.3) is 76.5 Å². The molecule has 0 N–H and O–H groups in total. The molecule has 2 heterocycles. The fourth-order valence-electron chi connectivity index (χ4n) is 8.18. The van der Waals surface area contributed by atoms with Crippen LogP contribution in [0.4, 0.5) is 0 Å². The van der Waals surface area contributed by atoms with Gasteiger partial charge >= 0.3 is 0 Å². The maximum absolute atomic E-state index is 14.7. The molecule has 0 bridgehead atoms. The van der Waals surface area contributed by atoms with E-state index < -0.39 is 0 Å². The highest BCUT2D eigenvalue weighted by Crippen LogP contribution is 2.35. The molecule has 0 saturated heterocycles. The van der Waals surface area contributed by atoms with Crippen molar-refractivity contribution >= 4 is 65.2 Å². The molecule has 0 aliphatic heterocycles. The third kappa shape index (κ3) is 4.71. The molecule has 9 rings (SSSR count). The van der Waals surface area contributed by atoms with Gasteiger partial charge in [0, 0.05) is 32.9 Å². The molecule has 52 heavy (non-hydrogen) atoms. The van der Waals surface area contributed by atoms with Crippen LogP contribution in [0, 0.1) is 27.7 Å². The van der Waals surface area contributed by atoms with Gasteiger partial charge < -0.3 is 18.6 Å². The Morgan fingerprint density at radius 3 is 1.21 bits per heavy atom. The third-order valence-electron chi connectivity index (χ3n) is 10.5. The number of rotatable bonds is 4. The summed E-state index contributed by atoms with van der Waals surface area (Å²) in [6, 6.07) is 36.7. The lowest BCUT2D eigenvalue weighted by Crippen LogP contribution is -2.16. The van der Waals surface area contributed by atoms with Crippen LogP contribution in [0.1, 0.15) is 22.3 Å². The summed E-state index contributed by atoms with van der Waals surface area (Å²) in [7, 11) is 3.33. The van der Waals surface area contributed by atoms with E-state index in [1.807, 2.05) is 76.2 Å². The van der Waals surface area contributed by atoms with Gasteiger partial charge in [-0.1, -0.05) is 36.4 Å². The average Bonchev–Trinajstić information content (AvgIpc) is 3.13. The first-order valence-corrected chi connectivity index (χ1v) is 17.4. The molecule has 0 unspecified atom stereocenters. The second-order valence-electron chi connectivity index (χ2n) is 14.0. The van der Waals surface area contributed by atoms with Crippen LogP contribution in [0.15, 0.2) is 119 Å². The standard InChI is InChI=1S/C46H36N2O4/c1-25-15-27(3)43-41(17-25)47(33-11-7-31-21-35(51-5)13-9-29(31)19-33)39-23-38-40(24-37(39)45(43)49)48(42-18-26(2)16-28(4)44(42)46(38)50)34-12-8-32-22-36(52-6)14-10-30(32)20-34/h7-24H,1-6H3. The molecule has 0 radical (unpaired) electrons. The molecule has 2 aromatic heterocycles. The number of benzene rings is 7. The Labute approximate surface area is 299 Å². The van der Waals surface area contributed by atoms with E-state index in [1.165, 1.54) is 0 Å². The number of nitrogens with zero attached hydrogens (tertiary/aromatic N) is 2. The number of ether oxygens (including phenoxy) is 2. The molecule has 6 nitrogen and oxygen atoms in total. The van der Waals surface area contributed by atoms with Crippen molar-refractivity contribution in [1.82, 2.24) is 9.13 Å². The number of aromatic nitrogens is 2. The van der Waals surface area contributed by atoms with Crippen LogP contribution in [0.2, 0.25) is 0 Å². The number of hydrogen-bond donors (Lipinski definition) is 0. The minimum atomic E-state index is -0.0590. The van der Waals surface area contributed by atoms with Crippen LogP contribution < -0.4 is 20.3 Å². The van der Waals surface area contributed by atoms with Crippen LogP contribution in [-0.2, 0) is 0 Å². The molecular formula is C46H36N2O4. The number of fused-ring (bicyclic) bond motifs is 6. The lowest BCUT2D eigenvalue weighted by Gasteiger charge is -2.21. The Hall–Kier alpha value is -6.40. The van der Waals surface area contributed by atoms with Gasteiger partial charge in [0.1, 0.15) is 11.5 Å². The van der Waals surface area contributed by atoms with E-state index >= 15 is 0 Å². The van der Waals surface area contributed by atoms with Gasteiger partial charge in [0.25, 0.3) is 0 Å². The lowest BCUT2D eigenvalue weighted by atomic mass is 9.98. The molecule has 0 spiro atoms. The van der Waals surface area contributed by atoms with Gasteiger partial charge in [-0.25, -0.2) is 0 Å². The van der Waals surface area contributed by atoms with E-state index in [9.17, 15) is 9.59 Å². The van der Waals surface area contributed by atoms with Crippen molar-refractivity contribution in [3.8, 4) is 22.9 Å². The molecule has 0 aliphatic rings. The molecule has 0 fully saturated rings. The van der Waals surface area contributed by atoms with E-state index in [4.69, 9.17) is 9.47 Å². The van der Waals surface area contributed by atoms with Crippen molar-refractivity contribution in [3.63, 3.8) is 0 Å². The summed E-state index contributed by atoms with van der Waals surface area (Å²) >= 11 is 0. The predicted octanol–water partition coefficient (Wildman–Crippen LogP) is 10.2. The minimum Gasteiger partial charge on any atom is -0.497 e. The Kier molecular flexibility index (Phi) is 7.03. The average molecular weight is 681 g/mol. The number of aryl methyl sites for hydroxylation is 4.